The highest BCUT2D eigenvalue weighted by Gasteiger charge is 2.10. The molecule has 0 saturated carbocycles. The number of methoxy groups -OCH3 is 1. The van der Waals surface area contributed by atoms with E-state index in [-0.39, 0.29) is 11.9 Å². The van der Waals surface area contributed by atoms with Crippen LogP contribution in [0.4, 0.5) is 4.39 Å². The third-order valence-corrected chi connectivity index (χ3v) is 2.02. The van der Waals surface area contributed by atoms with Gasteiger partial charge in [-0.05, 0) is 24.6 Å². The van der Waals surface area contributed by atoms with Gasteiger partial charge in [0.05, 0.1) is 7.11 Å². The van der Waals surface area contributed by atoms with Gasteiger partial charge in [0.2, 0.25) is 0 Å². The number of hydrogen-bond acceptors (Lipinski definition) is 2. The highest BCUT2D eigenvalue weighted by atomic mass is 19.1. The lowest BCUT2D eigenvalue weighted by Gasteiger charge is -2.11. The Morgan fingerprint density at radius 3 is 2.93 bits per heavy atom. The highest BCUT2D eigenvalue weighted by Crippen LogP contribution is 2.23. The second-order valence-corrected chi connectivity index (χ2v) is 3.02. The Morgan fingerprint density at radius 2 is 2.36 bits per heavy atom. The minimum absolute atomic E-state index is 0.305. The minimum Gasteiger partial charge on any atom is -0.497 e. The first-order valence-electron chi connectivity index (χ1n) is 4.39. The Hall–Kier alpha value is -1.35. The molecule has 1 rings (SSSR count). The molecule has 0 fully saturated rings. The fraction of sp³-hybridized carbons (Fsp3) is 0.273. The summed E-state index contributed by atoms with van der Waals surface area (Å²) in [6, 6.07) is 4.18. The van der Waals surface area contributed by atoms with E-state index < -0.39 is 0 Å². The Kier molecular flexibility index (Phi) is 3.65. The number of hydrogen-bond donors (Lipinski definition) is 1. The number of benzene rings is 1. The topological polar surface area (TPSA) is 35.2 Å². The van der Waals surface area contributed by atoms with E-state index in [2.05, 4.69) is 6.58 Å². The van der Waals surface area contributed by atoms with Crippen LogP contribution in [0.1, 0.15) is 18.0 Å². The second kappa shape index (κ2) is 4.77. The summed E-state index contributed by atoms with van der Waals surface area (Å²) >= 11 is 0. The molecule has 0 spiro atoms. The van der Waals surface area contributed by atoms with Crippen molar-refractivity contribution in [3.05, 3.63) is 42.2 Å². The average molecular weight is 195 g/mol. The maximum Gasteiger partial charge on any atom is 0.128 e. The maximum atomic E-state index is 13.3. The van der Waals surface area contributed by atoms with Gasteiger partial charge in [0, 0.05) is 11.6 Å². The first-order chi connectivity index (χ1) is 6.69. The van der Waals surface area contributed by atoms with Crippen molar-refractivity contribution in [2.45, 2.75) is 12.5 Å². The van der Waals surface area contributed by atoms with Crippen molar-refractivity contribution in [2.75, 3.05) is 7.11 Å². The van der Waals surface area contributed by atoms with Gasteiger partial charge in [0.1, 0.15) is 11.6 Å². The molecule has 0 radical (unpaired) electrons. The molecule has 3 heteroatoms. The van der Waals surface area contributed by atoms with Crippen LogP contribution in [-0.4, -0.2) is 7.11 Å². The predicted molar refractivity (Wildman–Crippen MR) is 54.7 cm³/mol. The summed E-state index contributed by atoms with van der Waals surface area (Å²) in [7, 11) is 1.54. The van der Waals surface area contributed by atoms with Gasteiger partial charge in [-0.1, -0.05) is 6.08 Å². The molecule has 0 aromatic heterocycles. The average Bonchev–Trinajstić information content (AvgIpc) is 2.19. The Labute approximate surface area is 83.2 Å². The summed E-state index contributed by atoms with van der Waals surface area (Å²) in [5.41, 5.74) is 6.23. The van der Waals surface area contributed by atoms with E-state index >= 15 is 0 Å². The molecule has 1 aromatic carbocycles. The quantitative estimate of drug-likeness (QED) is 0.749. The van der Waals surface area contributed by atoms with Crippen LogP contribution in [0.15, 0.2) is 30.9 Å². The Bertz CT molecular complexity index is 325. The molecule has 0 bridgehead atoms. The van der Waals surface area contributed by atoms with E-state index in [1.54, 1.807) is 18.2 Å². The van der Waals surface area contributed by atoms with Gasteiger partial charge in [-0.3, -0.25) is 0 Å². The van der Waals surface area contributed by atoms with E-state index in [1.165, 1.54) is 13.2 Å². The van der Waals surface area contributed by atoms with Crippen molar-refractivity contribution in [2.24, 2.45) is 5.73 Å². The van der Waals surface area contributed by atoms with Gasteiger partial charge in [-0.2, -0.15) is 0 Å². The molecule has 0 aliphatic carbocycles. The standard InChI is InChI=1S/C11H14FNO/c1-3-4-11(13)9-7-8(14-2)5-6-10(9)12/h3,5-7,11H,1,4,13H2,2H3/t11-/m0/s1. The van der Waals surface area contributed by atoms with Crippen molar-refractivity contribution in [3.63, 3.8) is 0 Å². The lowest BCUT2D eigenvalue weighted by Crippen LogP contribution is -2.11. The molecule has 0 unspecified atom stereocenters. The van der Waals surface area contributed by atoms with E-state index in [0.29, 0.717) is 17.7 Å². The predicted octanol–water partition coefficient (Wildman–Crippen LogP) is 2.41. The molecule has 0 aliphatic heterocycles. The van der Waals surface area contributed by atoms with Gasteiger partial charge in [-0.25, -0.2) is 4.39 Å². The van der Waals surface area contributed by atoms with Crippen LogP contribution in [0.25, 0.3) is 0 Å². The summed E-state index contributed by atoms with van der Waals surface area (Å²) in [4.78, 5) is 0. The molecule has 2 N–H and O–H groups in total. The van der Waals surface area contributed by atoms with Crippen LogP contribution < -0.4 is 10.5 Å². The highest BCUT2D eigenvalue weighted by molar-refractivity contribution is 5.32. The number of nitrogens with two attached hydrogens (primary N) is 1. The van der Waals surface area contributed by atoms with Gasteiger partial charge in [-0.15, -0.1) is 6.58 Å². The van der Waals surface area contributed by atoms with Crippen molar-refractivity contribution in [1.82, 2.24) is 0 Å². The van der Waals surface area contributed by atoms with Crippen LogP contribution in [0.2, 0.25) is 0 Å². The molecular formula is C11H14FNO. The Balaban J connectivity index is 2.98. The van der Waals surface area contributed by atoms with Crippen molar-refractivity contribution in [3.8, 4) is 5.75 Å². The molecule has 2 nitrogen and oxygen atoms in total. The van der Waals surface area contributed by atoms with Crippen LogP contribution >= 0.6 is 0 Å². The Morgan fingerprint density at radius 1 is 1.64 bits per heavy atom. The molecular weight excluding hydrogens is 181 g/mol. The van der Waals surface area contributed by atoms with Crippen LogP contribution in [0.5, 0.6) is 5.75 Å². The second-order valence-electron chi connectivity index (χ2n) is 3.02. The smallest absolute Gasteiger partial charge is 0.128 e. The normalized spacial score (nSPS) is 12.2. The largest absolute Gasteiger partial charge is 0.497 e. The van der Waals surface area contributed by atoms with Crippen molar-refractivity contribution < 1.29 is 9.13 Å². The van der Waals surface area contributed by atoms with Gasteiger partial charge < -0.3 is 10.5 Å². The summed E-state index contributed by atoms with van der Waals surface area (Å²) in [5.74, 6) is 0.307. The maximum absolute atomic E-state index is 13.3. The minimum atomic E-state index is -0.359. The number of halogens is 1. The third kappa shape index (κ3) is 2.33. The van der Waals surface area contributed by atoms with Gasteiger partial charge in [0.15, 0.2) is 0 Å². The summed E-state index contributed by atoms with van der Waals surface area (Å²) in [6.45, 7) is 3.56. The molecule has 14 heavy (non-hydrogen) atoms. The molecule has 76 valence electrons. The molecule has 0 aliphatic rings. The van der Waals surface area contributed by atoms with Crippen LogP contribution in [0.3, 0.4) is 0 Å². The first-order valence-corrected chi connectivity index (χ1v) is 4.39. The van der Waals surface area contributed by atoms with Crippen molar-refractivity contribution in [1.29, 1.82) is 0 Å². The van der Waals surface area contributed by atoms with Crippen LogP contribution in [-0.2, 0) is 0 Å². The zero-order chi connectivity index (χ0) is 10.6. The van der Waals surface area contributed by atoms with Crippen LogP contribution in [0, 0.1) is 5.82 Å². The fourth-order valence-electron chi connectivity index (χ4n) is 1.24. The lowest BCUT2D eigenvalue weighted by molar-refractivity contribution is 0.412. The van der Waals surface area contributed by atoms with Gasteiger partial charge in [0.25, 0.3) is 0 Å². The van der Waals surface area contributed by atoms with E-state index in [4.69, 9.17) is 10.5 Å². The SMILES string of the molecule is C=CC[C@H](N)c1cc(OC)ccc1F. The van der Waals surface area contributed by atoms with E-state index in [0.717, 1.165) is 0 Å². The van der Waals surface area contributed by atoms with Crippen molar-refractivity contribution >= 4 is 0 Å². The molecule has 0 heterocycles. The fourth-order valence-corrected chi connectivity index (χ4v) is 1.24. The monoisotopic (exact) mass is 195 g/mol. The summed E-state index contributed by atoms with van der Waals surface area (Å²) in [6.07, 6.45) is 2.22. The molecule has 0 saturated heterocycles. The summed E-state index contributed by atoms with van der Waals surface area (Å²) in [5, 5.41) is 0. The third-order valence-electron chi connectivity index (χ3n) is 2.02. The molecule has 1 aromatic rings. The molecule has 1 atom stereocenters. The number of rotatable bonds is 4. The molecule has 0 amide bonds. The van der Waals surface area contributed by atoms with E-state index in [1.807, 2.05) is 0 Å². The lowest BCUT2D eigenvalue weighted by atomic mass is 10.0. The zero-order valence-corrected chi connectivity index (χ0v) is 8.16. The van der Waals surface area contributed by atoms with Gasteiger partial charge >= 0.3 is 0 Å². The first kappa shape index (κ1) is 10.7. The zero-order valence-electron chi connectivity index (χ0n) is 8.16. The summed E-state index contributed by atoms with van der Waals surface area (Å²) < 4.78 is 18.3. The van der Waals surface area contributed by atoms with E-state index in [9.17, 15) is 4.39 Å². The number of ether oxygens (including phenoxy) is 1.